The summed E-state index contributed by atoms with van der Waals surface area (Å²) in [4.78, 5) is 4.40. The molecule has 0 aliphatic heterocycles. The van der Waals surface area contributed by atoms with Gasteiger partial charge in [0.2, 0.25) is 0 Å². The second-order valence-corrected chi connectivity index (χ2v) is 3.87. The molecule has 0 amide bonds. The third kappa shape index (κ3) is 2.05. The van der Waals surface area contributed by atoms with E-state index < -0.39 is 0 Å². The van der Waals surface area contributed by atoms with Crippen LogP contribution in [0.15, 0.2) is 36.5 Å². The van der Waals surface area contributed by atoms with Gasteiger partial charge in [-0.25, -0.2) is 0 Å². The first-order valence-electron chi connectivity index (χ1n) is 5.51. The molecule has 3 N–H and O–H groups in total. The number of aliphatic hydroxyl groups excluding tert-OH is 1. The van der Waals surface area contributed by atoms with Gasteiger partial charge in [-0.2, -0.15) is 0 Å². The van der Waals surface area contributed by atoms with Crippen molar-refractivity contribution in [2.75, 3.05) is 13.2 Å². The number of hydrogen-bond acceptors (Lipinski definition) is 3. The van der Waals surface area contributed by atoms with Gasteiger partial charge in [0.15, 0.2) is 0 Å². The Hall–Kier alpha value is -1.45. The van der Waals surface area contributed by atoms with Gasteiger partial charge in [-0.1, -0.05) is 24.3 Å². The zero-order chi connectivity index (χ0) is 11.4. The quantitative estimate of drug-likeness (QED) is 0.817. The summed E-state index contributed by atoms with van der Waals surface area (Å²) < 4.78 is 0. The van der Waals surface area contributed by atoms with Crippen LogP contribution in [0.1, 0.15) is 17.9 Å². The molecule has 0 bridgehead atoms. The maximum Gasteiger partial charge on any atom is 0.0737 e. The molecular formula is C13H16N2O. The van der Waals surface area contributed by atoms with Crippen LogP contribution in [0.25, 0.3) is 10.9 Å². The summed E-state index contributed by atoms with van der Waals surface area (Å²) in [6.07, 6.45) is 2.48. The van der Waals surface area contributed by atoms with Gasteiger partial charge in [0.05, 0.1) is 5.52 Å². The Morgan fingerprint density at radius 3 is 2.81 bits per heavy atom. The SMILES string of the molecule is NCC(CCO)c1cccc2cccnc12. The number of benzene rings is 1. The fourth-order valence-electron chi connectivity index (χ4n) is 2.01. The normalized spacial score (nSPS) is 12.9. The van der Waals surface area contributed by atoms with E-state index in [-0.39, 0.29) is 12.5 Å². The van der Waals surface area contributed by atoms with E-state index in [0.29, 0.717) is 13.0 Å². The van der Waals surface area contributed by atoms with E-state index in [1.807, 2.05) is 30.3 Å². The van der Waals surface area contributed by atoms with Gasteiger partial charge in [-0.3, -0.25) is 4.98 Å². The molecule has 3 nitrogen and oxygen atoms in total. The predicted octanol–water partition coefficient (Wildman–Crippen LogP) is 1.66. The van der Waals surface area contributed by atoms with Gasteiger partial charge in [0.1, 0.15) is 0 Å². The lowest BCUT2D eigenvalue weighted by Crippen LogP contribution is -2.14. The number of fused-ring (bicyclic) bond motifs is 1. The molecular weight excluding hydrogens is 200 g/mol. The molecule has 1 unspecified atom stereocenters. The average Bonchev–Trinajstić information content (AvgIpc) is 2.35. The maximum atomic E-state index is 9.03. The minimum absolute atomic E-state index is 0.158. The lowest BCUT2D eigenvalue weighted by Gasteiger charge is -2.15. The van der Waals surface area contributed by atoms with Gasteiger partial charge in [-0.15, -0.1) is 0 Å². The Bertz CT molecular complexity index is 465. The molecule has 0 radical (unpaired) electrons. The summed E-state index contributed by atoms with van der Waals surface area (Å²) in [6.45, 7) is 0.696. The average molecular weight is 216 g/mol. The van der Waals surface area contributed by atoms with Gasteiger partial charge in [0.25, 0.3) is 0 Å². The van der Waals surface area contributed by atoms with Crippen molar-refractivity contribution in [1.29, 1.82) is 0 Å². The highest BCUT2D eigenvalue weighted by Gasteiger charge is 2.12. The second-order valence-electron chi connectivity index (χ2n) is 3.87. The first kappa shape index (κ1) is 11.0. The van der Waals surface area contributed by atoms with Gasteiger partial charge >= 0.3 is 0 Å². The molecule has 2 rings (SSSR count). The molecule has 2 aromatic rings. The summed E-state index contributed by atoms with van der Waals surface area (Å²) in [7, 11) is 0. The molecule has 1 aromatic carbocycles. The van der Waals surface area contributed by atoms with Crippen LogP contribution >= 0.6 is 0 Å². The molecule has 0 aliphatic rings. The molecule has 16 heavy (non-hydrogen) atoms. The Morgan fingerprint density at radius 1 is 1.25 bits per heavy atom. The standard InChI is InChI=1S/C13H16N2O/c14-9-11(6-8-16)12-5-1-3-10-4-2-7-15-13(10)12/h1-5,7,11,16H,6,8-9,14H2. The van der Waals surface area contributed by atoms with Crippen molar-refractivity contribution in [3.05, 3.63) is 42.1 Å². The minimum Gasteiger partial charge on any atom is -0.396 e. The first-order chi connectivity index (χ1) is 7.86. The molecule has 84 valence electrons. The smallest absolute Gasteiger partial charge is 0.0737 e. The first-order valence-corrected chi connectivity index (χ1v) is 5.51. The molecule has 1 heterocycles. The van der Waals surface area contributed by atoms with Crippen molar-refractivity contribution < 1.29 is 5.11 Å². The van der Waals surface area contributed by atoms with Gasteiger partial charge in [-0.05, 0) is 24.6 Å². The Morgan fingerprint density at radius 2 is 2.06 bits per heavy atom. The molecule has 0 saturated carbocycles. The summed E-state index contributed by atoms with van der Waals surface area (Å²) in [5, 5.41) is 10.1. The van der Waals surface area contributed by atoms with Crippen LogP contribution in [0.4, 0.5) is 0 Å². The second kappa shape index (κ2) is 5.05. The number of rotatable bonds is 4. The van der Waals surface area contributed by atoms with Crippen LogP contribution in [0.2, 0.25) is 0 Å². The zero-order valence-corrected chi connectivity index (χ0v) is 9.13. The number of pyridine rings is 1. The topological polar surface area (TPSA) is 59.1 Å². The van der Waals surface area contributed by atoms with Crippen LogP contribution in [0.3, 0.4) is 0 Å². The number of nitrogens with two attached hydrogens (primary N) is 1. The van der Waals surface area contributed by atoms with E-state index in [9.17, 15) is 0 Å². The number of hydrogen-bond donors (Lipinski definition) is 2. The fourth-order valence-corrected chi connectivity index (χ4v) is 2.01. The molecule has 1 aromatic heterocycles. The van der Waals surface area contributed by atoms with E-state index in [4.69, 9.17) is 10.8 Å². The van der Waals surface area contributed by atoms with Gasteiger partial charge < -0.3 is 10.8 Å². The van der Waals surface area contributed by atoms with Crippen LogP contribution in [0.5, 0.6) is 0 Å². The summed E-state index contributed by atoms with van der Waals surface area (Å²) in [5.41, 5.74) is 7.87. The lowest BCUT2D eigenvalue weighted by molar-refractivity contribution is 0.276. The van der Waals surface area contributed by atoms with Crippen molar-refractivity contribution in [2.24, 2.45) is 5.73 Å². The lowest BCUT2D eigenvalue weighted by atomic mass is 9.94. The summed E-state index contributed by atoms with van der Waals surface area (Å²) in [5.74, 6) is 0.184. The molecule has 0 aliphatic carbocycles. The fraction of sp³-hybridized carbons (Fsp3) is 0.308. The molecule has 0 spiro atoms. The molecule has 0 fully saturated rings. The van der Waals surface area contributed by atoms with Crippen LogP contribution in [0, 0.1) is 0 Å². The van der Waals surface area contributed by atoms with Crippen LogP contribution in [-0.4, -0.2) is 23.2 Å². The monoisotopic (exact) mass is 216 g/mol. The number of aliphatic hydroxyl groups is 1. The van der Waals surface area contributed by atoms with Crippen molar-refractivity contribution >= 4 is 10.9 Å². The van der Waals surface area contributed by atoms with Crippen molar-refractivity contribution in [1.82, 2.24) is 4.98 Å². The Labute approximate surface area is 94.9 Å². The molecule has 1 atom stereocenters. The number of nitrogens with zero attached hydrogens (tertiary/aromatic N) is 1. The molecule has 0 saturated heterocycles. The third-order valence-corrected chi connectivity index (χ3v) is 2.87. The van der Waals surface area contributed by atoms with Crippen LogP contribution < -0.4 is 5.73 Å². The molecule has 3 heteroatoms. The number of aromatic nitrogens is 1. The van der Waals surface area contributed by atoms with E-state index in [1.54, 1.807) is 6.20 Å². The minimum atomic E-state index is 0.158. The van der Waals surface area contributed by atoms with Gasteiger partial charge in [0, 0.05) is 24.1 Å². The van der Waals surface area contributed by atoms with E-state index >= 15 is 0 Å². The van der Waals surface area contributed by atoms with Crippen LogP contribution in [-0.2, 0) is 0 Å². The van der Waals surface area contributed by atoms with E-state index in [1.165, 1.54) is 0 Å². The number of para-hydroxylation sites is 1. The highest BCUT2D eigenvalue weighted by molar-refractivity contribution is 5.82. The van der Waals surface area contributed by atoms with E-state index in [0.717, 1.165) is 16.5 Å². The summed E-state index contributed by atoms with van der Waals surface area (Å²) >= 11 is 0. The summed E-state index contributed by atoms with van der Waals surface area (Å²) in [6, 6.07) is 10.1. The van der Waals surface area contributed by atoms with E-state index in [2.05, 4.69) is 4.98 Å². The third-order valence-electron chi connectivity index (χ3n) is 2.87. The van der Waals surface area contributed by atoms with Crippen molar-refractivity contribution in [3.8, 4) is 0 Å². The predicted molar refractivity (Wildman–Crippen MR) is 65.2 cm³/mol. The Kier molecular flexibility index (Phi) is 3.49. The van der Waals surface area contributed by atoms with Crippen molar-refractivity contribution in [2.45, 2.75) is 12.3 Å². The largest absolute Gasteiger partial charge is 0.396 e. The zero-order valence-electron chi connectivity index (χ0n) is 9.13. The highest BCUT2D eigenvalue weighted by Crippen LogP contribution is 2.25. The highest BCUT2D eigenvalue weighted by atomic mass is 16.3. The van der Waals surface area contributed by atoms with Crippen molar-refractivity contribution in [3.63, 3.8) is 0 Å². The maximum absolute atomic E-state index is 9.03. The Balaban J connectivity index is 2.50.